The molecule has 0 bridgehead atoms. The minimum absolute atomic E-state index is 0.0983. The van der Waals surface area contributed by atoms with Crippen molar-refractivity contribution in [1.82, 2.24) is 4.90 Å². The Balaban J connectivity index is 1.78. The SMILES string of the molecule is O=C(N1COc2ccc(C(F)(F)F)cc2C1)[C@@]1(O)CCC(O)CO1. The summed E-state index contributed by atoms with van der Waals surface area (Å²) in [6, 6.07) is 3.04. The van der Waals surface area contributed by atoms with Crippen LogP contribution in [0.3, 0.4) is 0 Å². The fraction of sp³-hybridized carbons (Fsp3) is 0.533. The summed E-state index contributed by atoms with van der Waals surface area (Å²) < 4.78 is 48.7. The highest BCUT2D eigenvalue weighted by atomic mass is 19.4. The maximum atomic E-state index is 12.8. The number of fused-ring (bicyclic) bond motifs is 1. The topological polar surface area (TPSA) is 79.2 Å². The molecule has 2 aliphatic heterocycles. The first-order valence-electron chi connectivity index (χ1n) is 7.36. The zero-order valence-corrected chi connectivity index (χ0v) is 12.5. The van der Waals surface area contributed by atoms with Crippen molar-refractivity contribution in [3.63, 3.8) is 0 Å². The largest absolute Gasteiger partial charge is 0.473 e. The number of ether oxygens (including phenoxy) is 2. The molecule has 9 heteroatoms. The second-order valence-corrected chi connectivity index (χ2v) is 5.88. The molecule has 1 unspecified atom stereocenters. The number of hydrogen-bond acceptors (Lipinski definition) is 5. The lowest BCUT2D eigenvalue weighted by Gasteiger charge is -2.38. The van der Waals surface area contributed by atoms with E-state index in [2.05, 4.69) is 0 Å². The molecule has 0 aromatic heterocycles. The van der Waals surface area contributed by atoms with E-state index < -0.39 is 29.5 Å². The number of nitrogens with zero attached hydrogens (tertiary/aromatic N) is 1. The second kappa shape index (κ2) is 5.91. The van der Waals surface area contributed by atoms with Crippen LogP contribution in [0.15, 0.2) is 18.2 Å². The van der Waals surface area contributed by atoms with Gasteiger partial charge in [0.2, 0.25) is 5.79 Å². The van der Waals surface area contributed by atoms with Crippen molar-refractivity contribution >= 4 is 5.91 Å². The minimum atomic E-state index is -4.50. The van der Waals surface area contributed by atoms with E-state index in [1.807, 2.05) is 0 Å². The molecule has 24 heavy (non-hydrogen) atoms. The molecular formula is C15H16F3NO5. The highest BCUT2D eigenvalue weighted by Gasteiger charge is 2.45. The van der Waals surface area contributed by atoms with Crippen molar-refractivity contribution in [3.8, 4) is 5.75 Å². The molecule has 0 saturated carbocycles. The standard InChI is InChI=1S/C15H16F3NO5/c16-15(17,18)10-1-2-12-9(5-10)6-19(8-23-12)13(21)14(22)4-3-11(20)7-24-14/h1-2,5,11,20,22H,3-4,6-8H2/t11?,14-/m1/s1. The fourth-order valence-corrected chi connectivity index (χ4v) is 2.72. The van der Waals surface area contributed by atoms with Crippen LogP contribution in [0.1, 0.15) is 24.0 Å². The van der Waals surface area contributed by atoms with Gasteiger partial charge in [-0.05, 0) is 24.6 Å². The molecule has 0 aliphatic carbocycles. The summed E-state index contributed by atoms with van der Waals surface area (Å²) in [4.78, 5) is 13.5. The van der Waals surface area contributed by atoms with Gasteiger partial charge in [-0.1, -0.05) is 0 Å². The maximum absolute atomic E-state index is 12.8. The van der Waals surface area contributed by atoms with E-state index in [1.165, 1.54) is 6.07 Å². The van der Waals surface area contributed by atoms with Gasteiger partial charge in [0.05, 0.1) is 24.8 Å². The third-order valence-electron chi connectivity index (χ3n) is 4.08. The van der Waals surface area contributed by atoms with E-state index >= 15 is 0 Å². The Labute approximate surface area is 135 Å². The Morgan fingerprint density at radius 2 is 2.12 bits per heavy atom. The number of benzene rings is 1. The fourth-order valence-electron chi connectivity index (χ4n) is 2.72. The van der Waals surface area contributed by atoms with Gasteiger partial charge in [0.1, 0.15) is 5.75 Å². The lowest BCUT2D eigenvalue weighted by atomic mass is 10.0. The Hall–Kier alpha value is -1.84. The van der Waals surface area contributed by atoms with Crippen LogP contribution in [0.2, 0.25) is 0 Å². The number of aliphatic hydroxyl groups is 2. The molecule has 1 amide bonds. The van der Waals surface area contributed by atoms with Crippen LogP contribution in [0.25, 0.3) is 0 Å². The molecule has 1 fully saturated rings. The molecule has 0 spiro atoms. The maximum Gasteiger partial charge on any atom is 0.416 e. The van der Waals surface area contributed by atoms with Crippen LogP contribution in [0.4, 0.5) is 13.2 Å². The molecule has 1 saturated heterocycles. The molecular weight excluding hydrogens is 331 g/mol. The van der Waals surface area contributed by atoms with Crippen molar-refractivity contribution in [2.24, 2.45) is 0 Å². The minimum Gasteiger partial charge on any atom is -0.473 e. The van der Waals surface area contributed by atoms with Crippen molar-refractivity contribution in [2.45, 2.75) is 37.5 Å². The molecule has 2 atom stereocenters. The number of hydrogen-bond donors (Lipinski definition) is 2. The zero-order valence-electron chi connectivity index (χ0n) is 12.5. The highest BCUT2D eigenvalue weighted by molar-refractivity contribution is 5.83. The zero-order chi connectivity index (χ0) is 17.5. The summed E-state index contributed by atoms with van der Waals surface area (Å²) in [5, 5.41) is 19.7. The number of alkyl halides is 3. The average Bonchev–Trinajstić information content (AvgIpc) is 2.55. The van der Waals surface area contributed by atoms with Crippen LogP contribution in [-0.4, -0.2) is 46.2 Å². The lowest BCUT2D eigenvalue weighted by molar-refractivity contribution is -0.246. The van der Waals surface area contributed by atoms with Gasteiger partial charge < -0.3 is 24.6 Å². The quantitative estimate of drug-likeness (QED) is 0.799. The summed E-state index contributed by atoms with van der Waals surface area (Å²) in [6.07, 6.45) is -5.17. The third-order valence-corrected chi connectivity index (χ3v) is 4.08. The molecule has 1 aromatic rings. The molecule has 2 N–H and O–H groups in total. The van der Waals surface area contributed by atoms with Gasteiger partial charge in [-0.2, -0.15) is 13.2 Å². The van der Waals surface area contributed by atoms with Crippen molar-refractivity contribution < 1.29 is 37.7 Å². The lowest BCUT2D eigenvalue weighted by Crippen LogP contribution is -2.55. The number of halogens is 3. The Bertz CT molecular complexity index is 640. The van der Waals surface area contributed by atoms with Gasteiger partial charge in [0, 0.05) is 12.0 Å². The van der Waals surface area contributed by atoms with E-state index in [0.717, 1.165) is 17.0 Å². The summed E-state index contributed by atoms with van der Waals surface area (Å²) in [7, 11) is 0. The van der Waals surface area contributed by atoms with E-state index in [1.54, 1.807) is 0 Å². The van der Waals surface area contributed by atoms with Crippen molar-refractivity contribution in [3.05, 3.63) is 29.3 Å². The number of aliphatic hydroxyl groups excluding tert-OH is 1. The first kappa shape index (κ1) is 17.0. The molecule has 2 heterocycles. The number of amides is 1. The highest BCUT2D eigenvalue weighted by Crippen LogP contribution is 2.35. The van der Waals surface area contributed by atoms with Gasteiger partial charge in [0.15, 0.2) is 6.73 Å². The molecule has 132 valence electrons. The van der Waals surface area contributed by atoms with E-state index in [-0.39, 0.29) is 44.0 Å². The first-order chi connectivity index (χ1) is 11.2. The smallest absolute Gasteiger partial charge is 0.416 e. The molecule has 6 nitrogen and oxygen atoms in total. The van der Waals surface area contributed by atoms with Crippen LogP contribution < -0.4 is 4.74 Å². The van der Waals surface area contributed by atoms with E-state index in [0.29, 0.717) is 0 Å². The first-order valence-corrected chi connectivity index (χ1v) is 7.36. The second-order valence-electron chi connectivity index (χ2n) is 5.88. The predicted octanol–water partition coefficient (Wildman–Crippen LogP) is 1.24. The summed E-state index contributed by atoms with van der Waals surface area (Å²) in [5.74, 6) is -2.63. The van der Waals surface area contributed by atoms with Crippen LogP contribution in [0, 0.1) is 0 Å². The van der Waals surface area contributed by atoms with Crippen molar-refractivity contribution in [1.29, 1.82) is 0 Å². The third kappa shape index (κ3) is 3.19. The van der Waals surface area contributed by atoms with E-state index in [4.69, 9.17) is 9.47 Å². The van der Waals surface area contributed by atoms with E-state index in [9.17, 15) is 28.2 Å². The van der Waals surface area contributed by atoms with Crippen LogP contribution in [0.5, 0.6) is 5.75 Å². The summed E-state index contributed by atoms with van der Waals surface area (Å²) >= 11 is 0. The number of carbonyl (C=O) groups is 1. The molecule has 2 aliphatic rings. The Morgan fingerprint density at radius 1 is 1.38 bits per heavy atom. The van der Waals surface area contributed by atoms with Gasteiger partial charge in [-0.15, -0.1) is 0 Å². The average molecular weight is 347 g/mol. The van der Waals surface area contributed by atoms with Gasteiger partial charge in [-0.25, -0.2) is 0 Å². The molecule has 3 rings (SSSR count). The van der Waals surface area contributed by atoms with Gasteiger partial charge >= 0.3 is 6.18 Å². The van der Waals surface area contributed by atoms with Gasteiger partial charge in [0.25, 0.3) is 5.91 Å². The van der Waals surface area contributed by atoms with Gasteiger partial charge in [-0.3, -0.25) is 4.79 Å². The number of rotatable bonds is 1. The molecule has 0 radical (unpaired) electrons. The predicted molar refractivity (Wildman–Crippen MR) is 73.6 cm³/mol. The van der Waals surface area contributed by atoms with Crippen LogP contribution in [-0.2, 0) is 22.3 Å². The van der Waals surface area contributed by atoms with Crippen LogP contribution >= 0.6 is 0 Å². The normalized spacial score (nSPS) is 27.4. The van der Waals surface area contributed by atoms with Crippen molar-refractivity contribution in [2.75, 3.05) is 13.3 Å². The summed E-state index contributed by atoms with van der Waals surface area (Å²) in [5.41, 5.74) is -0.640. The molecule has 1 aromatic carbocycles. The number of carbonyl (C=O) groups excluding carboxylic acids is 1. The summed E-state index contributed by atoms with van der Waals surface area (Å²) in [6.45, 7) is -0.524. The Kier molecular flexibility index (Phi) is 4.18. The Morgan fingerprint density at radius 3 is 2.75 bits per heavy atom. The monoisotopic (exact) mass is 347 g/mol.